The molecule has 0 atom stereocenters. The SMILES string of the molecule is CC1=C(C)C2=Cc3ccccc3OC2=CC1. The number of rotatable bonds is 0. The van der Waals surface area contributed by atoms with Gasteiger partial charge >= 0.3 is 0 Å². The van der Waals surface area contributed by atoms with E-state index in [4.69, 9.17) is 4.74 Å². The predicted molar refractivity (Wildman–Crippen MR) is 66.1 cm³/mol. The summed E-state index contributed by atoms with van der Waals surface area (Å²) in [5.41, 5.74) is 5.19. The van der Waals surface area contributed by atoms with Crippen LogP contribution in [0.5, 0.6) is 5.75 Å². The van der Waals surface area contributed by atoms with Gasteiger partial charge in [0.15, 0.2) is 0 Å². The highest BCUT2D eigenvalue weighted by Crippen LogP contribution is 2.38. The Bertz CT molecular complexity index is 544. The molecule has 3 rings (SSSR count). The van der Waals surface area contributed by atoms with Crippen LogP contribution in [0.15, 0.2) is 52.8 Å². The van der Waals surface area contributed by atoms with Gasteiger partial charge in [0.25, 0.3) is 0 Å². The molecule has 1 aromatic carbocycles. The summed E-state index contributed by atoms with van der Waals surface area (Å²) in [6.45, 7) is 4.36. The van der Waals surface area contributed by atoms with Gasteiger partial charge < -0.3 is 4.74 Å². The van der Waals surface area contributed by atoms with Crippen LogP contribution in [-0.2, 0) is 0 Å². The molecule has 0 spiro atoms. The summed E-state index contributed by atoms with van der Waals surface area (Å²) < 4.78 is 5.91. The molecule has 1 aromatic rings. The van der Waals surface area contributed by atoms with Crippen molar-refractivity contribution >= 4 is 6.08 Å². The largest absolute Gasteiger partial charge is 0.456 e. The number of hydrogen-bond acceptors (Lipinski definition) is 1. The fourth-order valence-electron chi connectivity index (χ4n) is 2.17. The van der Waals surface area contributed by atoms with Gasteiger partial charge in [-0.15, -0.1) is 0 Å². The topological polar surface area (TPSA) is 9.23 Å². The van der Waals surface area contributed by atoms with Gasteiger partial charge in [0.1, 0.15) is 11.5 Å². The van der Waals surface area contributed by atoms with E-state index in [0.717, 1.165) is 17.9 Å². The summed E-state index contributed by atoms with van der Waals surface area (Å²) in [4.78, 5) is 0. The van der Waals surface area contributed by atoms with Crippen molar-refractivity contribution in [2.24, 2.45) is 0 Å². The van der Waals surface area contributed by atoms with Crippen LogP contribution in [0.2, 0.25) is 0 Å². The Hall–Kier alpha value is -1.76. The molecule has 0 bridgehead atoms. The van der Waals surface area contributed by atoms with Crippen molar-refractivity contribution < 1.29 is 4.74 Å². The molecule has 0 saturated carbocycles. The van der Waals surface area contributed by atoms with E-state index in [-0.39, 0.29) is 0 Å². The van der Waals surface area contributed by atoms with Gasteiger partial charge in [-0.3, -0.25) is 0 Å². The van der Waals surface area contributed by atoms with Crippen LogP contribution in [0.3, 0.4) is 0 Å². The van der Waals surface area contributed by atoms with E-state index in [1.807, 2.05) is 18.2 Å². The van der Waals surface area contributed by atoms with Crippen molar-refractivity contribution in [3.8, 4) is 5.75 Å². The number of hydrogen-bond donors (Lipinski definition) is 0. The summed E-state index contributed by atoms with van der Waals surface area (Å²) in [5.74, 6) is 1.98. The first-order valence-corrected chi connectivity index (χ1v) is 5.61. The molecule has 0 unspecified atom stereocenters. The van der Waals surface area contributed by atoms with Crippen LogP contribution in [-0.4, -0.2) is 0 Å². The third kappa shape index (κ3) is 1.32. The first-order valence-electron chi connectivity index (χ1n) is 5.61. The molecular weight excluding hydrogens is 196 g/mol. The highest BCUT2D eigenvalue weighted by molar-refractivity contribution is 5.72. The Labute approximate surface area is 95.7 Å². The van der Waals surface area contributed by atoms with Crippen LogP contribution in [0, 0.1) is 0 Å². The molecule has 1 nitrogen and oxygen atoms in total. The molecule has 1 aliphatic carbocycles. The zero-order chi connectivity index (χ0) is 11.1. The summed E-state index contributed by atoms with van der Waals surface area (Å²) in [5, 5.41) is 0. The molecule has 1 heterocycles. The summed E-state index contributed by atoms with van der Waals surface area (Å²) in [7, 11) is 0. The van der Waals surface area contributed by atoms with E-state index in [9.17, 15) is 0 Å². The highest BCUT2D eigenvalue weighted by Gasteiger charge is 2.21. The maximum Gasteiger partial charge on any atom is 0.134 e. The van der Waals surface area contributed by atoms with Crippen LogP contribution >= 0.6 is 0 Å². The molecule has 0 fully saturated rings. The molecule has 0 aromatic heterocycles. The molecule has 1 heteroatoms. The van der Waals surface area contributed by atoms with E-state index in [2.05, 4.69) is 32.1 Å². The zero-order valence-corrected chi connectivity index (χ0v) is 9.58. The average molecular weight is 210 g/mol. The Morgan fingerprint density at radius 2 is 1.94 bits per heavy atom. The first-order chi connectivity index (χ1) is 7.75. The Balaban J connectivity index is 2.18. The molecule has 80 valence electrons. The van der Waals surface area contributed by atoms with Gasteiger partial charge in [-0.1, -0.05) is 23.8 Å². The van der Waals surface area contributed by atoms with E-state index >= 15 is 0 Å². The number of benzene rings is 1. The molecular formula is C15H14O. The van der Waals surface area contributed by atoms with Gasteiger partial charge in [-0.2, -0.15) is 0 Å². The normalized spacial score (nSPS) is 18.1. The third-order valence-electron chi connectivity index (χ3n) is 3.34. The summed E-state index contributed by atoms with van der Waals surface area (Å²) in [6, 6.07) is 8.16. The molecule has 16 heavy (non-hydrogen) atoms. The van der Waals surface area contributed by atoms with E-state index in [1.165, 1.54) is 22.3 Å². The minimum Gasteiger partial charge on any atom is -0.456 e. The second-order valence-electron chi connectivity index (χ2n) is 4.38. The van der Waals surface area contributed by atoms with Crippen LogP contribution < -0.4 is 4.74 Å². The monoisotopic (exact) mass is 210 g/mol. The molecule has 1 aliphatic heterocycles. The maximum atomic E-state index is 5.91. The van der Waals surface area contributed by atoms with Crippen molar-refractivity contribution in [1.82, 2.24) is 0 Å². The third-order valence-corrected chi connectivity index (χ3v) is 3.34. The smallest absolute Gasteiger partial charge is 0.134 e. The zero-order valence-electron chi connectivity index (χ0n) is 9.58. The van der Waals surface area contributed by atoms with E-state index in [0.29, 0.717) is 0 Å². The molecule has 0 amide bonds. The van der Waals surface area contributed by atoms with E-state index in [1.54, 1.807) is 0 Å². The predicted octanol–water partition coefficient (Wildman–Crippen LogP) is 4.09. The Kier molecular flexibility index (Phi) is 2.00. The lowest BCUT2D eigenvalue weighted by Gasteiger charge is -2.25. The standard InChI is InChI=1S/C15H14O/c1-10-7-8-15-13(11(10)2)9-12-5-3-4-6-14(12)16-15/h3-6,8-9H,7H2,1-2H3. The van der Waals surface area contributed by atoms with Gasteiger partial charge in [0.05, 0.1) is 0 Å². The van der Waals surface area contributed by atoms with Crippen molar-refractivity contribution in [3.05, 3.63) is 58.4 Å². The average Bonchev–Trinajstić information content (AvgIpc) is 2.32. The van der Waals surface area contributed by atoms with Crippen molar-refractivity contribution in [3.63, 3.8) is 0 Å². The lowest BCUT2D eigenvalue weighted by atomic mass is 9.90. The van der Waals surface area contributed by atoms with Gasteiger partial charge in [0.2, 0.25) is 0 Å². The van der Waals surface area contributed by atoms with Crippen LogP contribution in [0.25, 0.3) is 6.08 Å². The number of ether oxygens (including phenoxy) is 1. The maximum absolute atomic E-state index is 5.91. The second-order valence-corrected chi connectivity index (χ2v) is 4.38. The first kappa shape index (κ1) is 9.46. The Morgan fingerprint density at radius 1 is 1.12 bits per heavy atom. The van der Waals surface area contributed by atoms with Crippen LogP contribution in [0.4, 0.5) is 0 Å². The number of fused-ring (bicyclic) bond motifs is 2. The summed E-state index contributed by atoms with van der Waals surface area (Å²) in [6.07, 6.45) is 5.40. The van der Waals surface area contributed by atoms with Crippen LogP contribution in [0.1, 0.15) is 25.8 Å². The minimum atomic E-state index is 0.963. The second kappa shape index (κ2) is 3.38. The van der Waals surface area contributed by atoms with Gasteiger partial charge in [-0.25, -0.2) is 0 Å². The van der Waals surface area contributed by atoms with Gasteiger partial charge in [-0.05, 0) is 44.1 Å². The molecule has 0 saturated heterocycles. The quantitative estimate of drug-likeness (QED) is 0.626. The number of allylic oxidation sites excluding steroid dienone is 3. The van der Waals surface area contributed by atoms with Crippen molar-refractivity contribution in [2.75, 3.05) is 0 Å². The number of para-hydroxylation sites is 1. The van der Waals surface area contributed by atoms with E-state index < -0.39 is 0 Å². The minimum absolute atomic E-state index is 0.963. The van der Waals surface area contributed by atoms with Crippen molar-refractivity contribution in [1.29, 1.82) is 0 Å². The molecule has 0 N–H and O–H groups in total. The Morgan fingerprint density at radius 3 is 2.81 bits per heavy atom. The molecule has 0 radical (unpaired) electrons. The fraction of sp³-hybridized carbons (Fsp3) is 0.200. The lowest BCUT2D eigenvalue weighted by Crippen LogP contribution is -2.10. The van der Waals surface area contributed by atoms with Gasteiger partial charge in [0, 0.05) is 11.1 Å². The highest BCUT2D eigenvalue weighted by atomic mass is 16.5. The fourth-order valence-corrected chi connectivity index (χ4v) is 2.17. The summed E-state index contributed by atoms with van der Waals surface area (Å²) >= 11 is 0. The lowest BCUT2D eigenvalue weighted by molar-refractivity contribution is 0.428. The molecule has 2 aliphatic rings. The van der Waals surface area contributed by atoms with Crippen molar-refractivity contribution in [2.45, 2.75) is 20.3 Å².